The number of hydrogen-bond donors (Lipinski definition) is 3. The average molecular weight is 329 g/mol. The second-order valence-electron chi connectivity index (χ2n) is 7.27. The van der Waals surface area contributed by atoms with Gasteiger partial charge in [-0.3, -0.25) is 9.59 Å². The van der Waals surface area contributed by atoms with Gasteiger partial charge in [0.2, 0.25) is 5.91 Å². The van der Waals surface area contributed by atoms with Crippen molar-refractivity contribution in [1.82, 2.24) is 10.6 Å². The van der Waals surface area contributed by atoms with Crippen LogP contribution in [0.5, 0.6) is 0 Å². The Morgan fingerprint density at radius 2 is 2.33 bits per heavy atom. The van der Waals surface area contributed by atoms with E-state index >= 15 is 0 Å². The summed E-state index contributed by atoms with van der Waals surface area (Å²) in [5.74, 6) is -1.32. The van der Waals surface area contributed by atoms with E-state index in [0.29, 0.717) is 12.8 Å². The zero-order valence-corrected chi connectivity index (χ0v) is 13.6. The molecule has 2 fully saturated rings. The Kier molecular flexibility index (Phi) is 4.00. The summed E-state index contributed by atoms with van der Waals surface area (Å²) in [5, 5.41) is 15.4. The summed E-state index contributed by atoms with van der Waals surface area (Å²) in [6.45, 7) is 0.748. The van der Waals surface area contributed by atoms with E-state index in [1.165, 1.54) is 11.1 Å². The van der Waals surface area contributed by atoms with E-state index in [4.69, 9.17) is 9.76 Å². The fourth-order valence-electron chi connectivity index (χ4n) is 4.06. The van der Waals surface area contributed by atoms with Gasteiger partial charge in [0.25, 0.3) is 0 Å². The fraction of sp³-hybridized carbons (Fsp3) is 0.647. The highest BCUT2D eigenvalue weighted by atomic mass is 16.5. The molecule has 0 aromatic carbocycles. The summed E-state index contributed by atoms with van der Waals surface area (Å²) in [4.78, 5) is 23.5. The lowest BCUT2D eigenvalue weighted by molar-refractivity contribution is -0.140. The Labute approximate surface area is 142 Å². The highest BCUT2D eigenvalue weighted by Crippen LogP contribution is 2.52. The minimum absolute atomic E-state index is 0.00230. The molecule has 6 nitrogen and oxygen atoms in total. The van der Waals surface area contributed by atoms with Crippen LogP contribution in [-0.2, 0) is 14.2 Å². The number of nitrogens with one attached hydrogen (secondary N) is 2. The van der Waals surface area contributed by atoms with Gasteiger partial charge >= 0.3 is 13.5 Å². The molecule has 0 aromatic heterocycles. The van der Waals surface area contributed by atoms with E-state index in [-0.39, 0.29) is 17.9 Å². The summed E-state index contributed by atoms with van der Waals surface area (Å²) in [6, 6.07) is -0.188. The van der Waals surface area contributed by atoms with Crippen molar-refractivity contribution in [3.63, 3.8) is 0 Å². The van der Waals surface area contributed by atoms with Gasteiger partial charge in [0.15, 0.2) is 0 Å². The third-order valence-corrected chi connectivity index (χ3v) is 5.69. The number of allylic oxidation sites excluding steroid dienone is 1. The number of hydrogen-bond acceptors (Lipinski definition) is 4. The molecular formula is C17H22BN2O4. The van der Waals surface area contributed by atoms with Gasteiger partial charge in [-0.15, -0.1) is 0 Å². The van der Waals surface area contributed by atoms with E-state index < -0.39 is 17.5 Å². The van der Waals surface area contributed by atoms with Gasteiger partial charge in [-0.25, -0.2) is 0 Å². The van der Waals surface area contributed by atoms with Crippen molar-refractivity contribution in [2.75, 3.05) is 6.54 Å². The van der Waals surface area contributed by atoms with Crippen molar-refractivity contribution in [3.8, 4) is 0 Å². The molecule has 0 aromatic rings. The molecule has 3 N–H and O–H groups in total. The third-order valence-electron chi connectivity index (χ3n) is 5.69. The van der Waals surface area contributed by atoms with E-state index in [9.17, 15) is 9.59 Å². The quantitative estimate of drug-likeness (QED) is 0.664. The van der Waals surface area contributed by atoms with E-state index in [1.807, 2.05) is 0 Å². The topological polar surface area (TPSA) is 87.7 Å². The molecule has 2 aliphatic carbocycles. The molecule has 4 atom stereocenters. The van der Waals surface area contributed by atoms with Crippen molar-refractivity contribution >= 4 is 19.4 Å². The predicted octanol–water partition coefficient (Wildman–Crippen LogP) is 0.710. The number of carboxylic acids is 1. The van der Waals surface area contributed by atoms with Crippen molar-refractivity contribution in [2.24, 2.45) is 5.92 Å². The number of rotatable bonds is 3. The van der Waals surface area contributed by atoms with E-state index in [0.717, 1.165) is 32.2 Å². The van der Waals surface area contributed by atoms with Gasteiger partial charge < -0.3 is 20.4 Å². The maximum Gasteiger partial charge on any atom is 0.317 e. The molecule has 0 bridgehead atoms. The van der Waals surface area contributed by atoms with Gasteiger partial charge in [0.1, 0.15) is 0 Å². The van der Waals surface area contributed by atoms with Crippen LogP contribution in [0, 0.1) is 5.92 Å². The first-order chi connectivity index (χ1) is 11.6. The number of aliphatic carboxylic acids is 1. The standard InChI is InChI=1S/C17H22BN2O4/c21-15(13-7-10-3-1-2-4-11(10)9-19-13)20-14-5-6-17(24-18-14)8-12(17)16(22)23/h2,4,12-14,19H,1,3,5-9H2,(H,20,21)(H,22,23)/t12-,13-,14+,17?/m1/s1. The molecule has 24 heavy (non-hydrogen) atoms. The maximum absolute atomic E-state index is 12.5. The molecular weight excluding hydrogens is 307 g/mol. The lowest BCUT2D eigenvalue weighted by Gasteiger charge is -2.32. The molecule has 4 rings (SSSR count). The second-order valence-corrected chi connectivity index (χ2v) is 7.27. The molecule has 1 unspecified atom stereocenters. The predicted molar refractivity (Wildman–Crippen MR) is 88.3 cm³/mol. The van der Waals surface area contributed by atoms with E-state index in [1.54, 1.807) is 7.48 Å². The zero-order valence-electron chi connectivity index (χ0n) is 13.6. The molecule has 1 spiro atoms. The Morgan fingerprint density at radius 3 is 3.04 bits per heavy atom. The number of amides is 1. The number of carboxylic acid groups (broad SMARTS) is 1. The van der Waals surface area contributed by atoms with Crippen LogP contribution in [0.15, 0.2) is 23.3 Å². The smallest absolute Gasteiger partial charge is 0.317 e. The first kappa shape index (κ1) is 15.9. The van der Waals surface area contributed by atoms with Crippen LogP contribution in [0.1, 0.15) is 38.5 Å². The van der Waals surface area contributed by atoms with Crippen LogP contribution < -0.4 is 10.6 Å². The van der Waals surface area contributed by atoms with Crippen LogP contribution in [-0.4, -0.2) is 48.6 Å². The average Bonchev–Trinajstić information content (AvgIpc) is 3.31. The fourth-order valence-corrected chi connectivity index (χ4v) is 4.06. The summed E-state index contributed by atoms with van der Waals surface area (Å²) >= 11 is 0. The molecule has 1 amide bonds. The first-order valence-electron chi connectivity index (χ1n) is 8.72. The largest absolute Gasteiger partial charge is 0.481 e. The van der Waals surface area contributed by atoms with Gasteiger partial charge in [-0.2, -0.15) is 0 Å². The van der Waals surface area contributed by atoms with Gasteiger partial charge in [-0.1, -0.05) is 17.7 Å². The van der Waals surface area contributed by atoms with Crippen molar-refractivity contribution in [2.45, 2.75) is 56.1 Å². The molecule has 1 radical (unpaired) electrons. The Hall–Kier alpha value is -1.60. The van der Waals surface area contributed by atoms with Crippen LogP contribution >= 0.6 is 0 Å². The first-order valence-corrected chi connectivity index (χ1v) is 8.72. The molecule has 4 aliphatic rings. The van der Waals surface area contributed by atoms with Crippen LogP contribution in [0.2, 0.25) is 0 Å². The van der Waals surface area contributed by atoms with Crippen LogP contribution in [0.4, 0.5) is 0 Å². The maximum atomic E-state index is 12.5. The van der Waals surface area contributed by atoms with Crippen LogP contribution in [0.3, 0.4) is 0 Å². The van der Waals surface area contributed by atoms with Gasteiger partial charge in [0.05, 0.1) is 17.6 Å². The SMILES string of the molecule is O=C(O)[C@H]1CC12CC[C@H](NC(=O)[C@H]1CC3=C(C=CCC3)CN1)[B]O2. The Morgan fingerprint density at radius 1 is 1.46 bits per heavy atom. The molecule has 2 heterocycles. The lowest BCUT2D eigenvalue weighted by atomic mass is 9.78. The molecule has 2 aliphatic heterocycles. The summed E-state index contributed by atoms with van der Waals surface area (Å²) < 4.78 is 5.68. The minimum atomic E-state index is -0.789. The molecule has 1 saturated heterocycles. The Bertz CT molecular complexity index is 622. The van der Waals surface area contributed by atoms with Crippen molar-refractivity contribution in [3.05, 3.63) is 23.3 Å². The number of carbonyl (C=O) groups excluding carboxylic acids is 1. The molecule has 1 saturated carbocycles. The zero-order chi connectivity index (χ0) is 16.7. The summed E-state index contributed by atoms with van der Waals surface area (Å²) in [7, 11) is 1.63. The second kappa shape index (κ2) is 6.04. The highest BCUT2D eigenvalue weighted by molar-refractivity contribution is 6.31. The van der Waals surface area contributed by atoms with Crippen LogP contribution in [0.25, 0.3) is 0 Å². The molecule has 7 heteroatoms. The van der Waals surface area contributed by atoms with E-state index in [2.05, 4.69) is 22.8 Å². The van der Waals surface area contributed by atoms with Gasteiger partial charge in [0, 0.05) is 12.5 Å². The third kappa shape index (κ3) is 2.91. The Balaban J connectivity index is 1.28. The molecule has 127 valence electrons. The minimum Gasteiger partial charge on any atom is -0.481 e. The normalized spacial score (nSPS) is 37.6. The van der Waals surface area contributed by atoms with Crippen molar-refractivity contribution in [1.29, 1.82) is 0 Å². The van der Waals surface area contributed by atoms with Gasteiger partial charge in [-0.05, 0) is 44.1 Å². The summed E-state index contributed by atoms with van der Waals surface area (Å²) in [5.41, 5.74) is 2.21. The monoisotopic (exact) mass is 329 g/mol. The van der Waals surface area contributed by atoms with Crippen molar-refractivity contribution < 1.29 is 19.3 Å². The lowest BCUT2D eigenvalue weighted by Crippen LogP contribution is -2.53. The number of carbonyl (C=O) groups is 2. The highest BCUT2D eigenvalue weighted by Gasteiger charge is 2.60. The summed E-state index contributed by atoms with van der Waals surface area (Å²) in [6.07, 6.45) is 9.23.